The molecule has 1 heterocycles. The number of nitrogens with zero attached hydrogens (tertiary/aromatic N) is 1. The molecule has 0 fully saturated rings. The van der Waals surface area contributed by atoms with E-state index < -0.39 is 0 Å². The Morgan fingerprint density at radius 2 is 1.30 bits per heavy atom. The molecule has 0 spiro atoms. The first-order valence-electron chi connectivity index (χ1n) is 9.90. The van der Waals surface area contributed by atoms with Gasteiger partial charge in [-0.15, -0.1) is 0 Å². The van der Waals surface area contributed by atoms with Crippen molar-refractivity contribution >= 4 is 17.1 Å². The molecule has 2 nitrogen and oxygen atoms in total. The lowest BCUT2D eigenvalue weighted by Gasteiger charge is -2.33. The molecule has 0 saturated heterocycles. The molecular weight excluding hydrogens is 328 g/mol. The number of benzene rings is 3. The summed E-state index contributed by atoms with van der Waals surface area (Å²) < 4.78 is 0. The third kappa shape index (κ3) is 3.10. The van der Waals surface area contributed by atoms with E-state index in [2.05, 4.69) is 111 Å². The quantitative estimate of drug-likeness (QED) is 0.532. The molecule has 138 valence electrons. The van der Waals surface area contributed by atoms with Crippen molar-refractivity contribution in [1.29, 1.82) is 0 Å². The Bertz CT molecular complexity index is 902. The van der Waals surface area contributed by atoms with E-state index in [1.807, 2.05) is 0 Å². The molecular formula is C25H28N2. The van der Waals surface area contributed by atoms with Crippen molar-refractivity contribution in [3.05, 3.63) is 89.5 Å². The lowest BCUT2D eigenvalue weighted by molar-refractivity contribution is 0.775. The van der Waals surface area contributed by atoms with Gasteiger partial charge in [-0.05, 0) is 40.7 Å². The molecule has 0 amide bonds. The molecule has 1 unspecified atom stereocenters. The van der Waals surface area contributed by atoms with Gasteiger partial charge in [0.2, 0.25) is 0 Å². The smallest absolute Gasteiger partial charge is 0.130 e. The zero-order valence-corrected chi connectivity index (χ0v) is 16.6. The summed E-state index contributed by atoms with van der Waals surface area (Å²) >= 11 is 0. The van der Waals surface area contributed by atoms with Crippen LogP contribution in [0, 0.1) is 0 Å². The first kappa shape index (κ1) is 17.7. The standard InChI is InChI=1S/C25H28N2/c1-17(2)20-13-10-14-21(18(3)4)24(20)27-23-16-9-8-15-22(23)26-25(27)19-11-6-5-7-12-19/h5-18,25-26H,1-4H3. The number of hydrogen-bond donors (Lipinski definition) is 1. The third-order valence-corrected chi connectivity index (χ3v) is 5.41. The number of rotatable bonds is 4. The van der Waals surface area contributed by atoms with Gasteiger partial charge in [-0.25, -0.2) is 0 Å². The lowest BCUT2D eigenvalue weighted by Crippen LogP contribution is -2.26. The molecule has 2 heteroatoms. The van der Waals surface area contributed by atoms with Crippen LogP contribution in [-0.4, -0.2) is 0 Å². The van der Waals surface area contributed by atoms with Crippen LogP contribution in [0.3, 0.4) is 0 Å². The molecule has 3 aromatic carbocycles. The molecule has 0 aromatic heterocycles. The molecule has 1 atom stereocenters. The monoisotopic (exact) mass is 356 g/mol. The van der Waals surface area contributed by atoms with Crippen molar-refractivity contribution in [2.24, 2.45) is 0 Å². The minimum atomic E-state index is 0.0981. The van der Waals surface area contributed by atoms with Crippen LogP contribution in [0.15, 0.2) is 72.8 Å². The van der Waals surface area contributed by atoms with Crippen molar-refractivity contribution in [2.75, 3.05) is 10.2 Å². The summed E-state index contributed by atoms with van der Waals surface area (Å²) in [4.78, 5) is 2.51. The highest BCUT2D eigenvalue weighted by Gasteiger charge is 2.34. The highest BCUT2D eigenvalue weighted by molar-refractivity contribution is 5.85. The maximum Gasteiger partial charge on any atom is 0.130 e. The van der Waals surface area contributed by atoms with Crippen LogP contribution in [0.5, 0.6) is 0 Å². The van der Waals surface area contributed by atoms with Crippen molar-refractivity contribution in [3.8, 4) is 0 Å². The van der Waals surface area contributed by atoms with Crippen LogP contribution >= 0.6 is 0 Å². The third-order valence-electron chi connectivity index (χ3n) is 5.41. The topological polar surface area (TPSA) is 15.3 Å². The maximum atomic E-state index is 3.76. The Morgan fingerprint density at radius 3 is 1.93 bits per heavy atom. The van der Waals surface area contributed by atoms with E-state index >= 15 is 0 Å². The van der Waals surface area contributed by atoms with Crippen LogP contribution < -0.4 is 10.2 Å². The van der Waals surface area contributed by atoms with E-state index in [0.29, 0.717) is 11.8 Å². The highest BCUT2D eigenvalue weighted by atomic mass is 15.3. The molecule has 27 heavy (non-hydrogen) atoms. The van der Waals surface area contributed by atoms with E-state index in [0.717, 1.165) is 0 Å². The van der Waals surface area contributed by atoms with E-state index in [4.69, 9.17) is 0 Å². The molecule has 0 aliphatic carbocycles. The van der Waals surface area contributed by atoms with Crippen LogP contribution in [-0.2, 0) is 0 Å². The van der Waals surface area contributed by atoms with E-state index in [-0.39, 0.29) is 6.17 Å². The second-order valence-corrected chi connectivity index (χ2v) is 7.94. The van der Waals surface area contributed by atoms with Gasteiger partial charge in [0.25, 0.3) is 0 Å². The summed E-state index contributed by atoms with van der Waals surface area (Å²) in [6, 6.07) is 26.2. The van der Waals surface area contributed by atoms with E-state index in [1.54, 1.807) is 0 Å². The van der Waals surface area contributed by atoms with Crippen molar-refractivity contribution < 1.29 is 0 Å². The number of nitrogens with one attached hydrogen (secondary N) is 1. The summed E-state index contributed by atoms with van der Waals surface area (Å²) in [5.74, 6) is 0.922. The maximum absolute atomic E-state index is 3.76. The predicted octanol–water partition coefficient (Wildman–Crippen LogP) is 7.20. The van der Waals surface area contributed by atoms with Crippen molar-refractivity contribution in [1.82, 2.24) is 0 Å². The Morgan fingerprint density at radius 1 is 0.704 bits per heavy atom. The summed E-state index contributed by atoms with van der Waals surface area (Å²) in [7, 11) is 0. The van der Waals surface area contributed by atoms with E-state index in [9.17, 15) is 0 Å². The number of hydrogen-bond acceptors (Lipinski definition) is 2. The second-order valence-electron chi connectivity index (χ2n) is 7.94. The van der Waals surface area contributed by atoms with Gasteiger partial charge in [0, 0.05) is 0 Å². The van der Waals surface area contributed by atoms with Gasteiger partial charge >= 0.3 is 0 Å². The minimum Gasteiger partial charge on any atom is -0.359 e. The fraction of sp³-hybridized carbons (Fsp3) is 0.280. The largest absolute Gasteiger partial charge is 0.359 e. The van der Waals surface area contributed by atoms with Crippen LogP contribution in [0.25, 0.3) is 0 Å². The normalized spacial score (nSPS) is 15.9. The van der Waals surface area contributed by atoms with Gasteiger partial charge in [-0.2, -0.15) is 0 Å². The first-order valence-corrected chi connectivity index (χ1v) is 9.90. The first-order chi connectivity index (χ1) is 13.1. The average Bonchev–Trinajstić information content (AvgIpc) is 3.07. The summed E-state index contributed by atoms with van der Waals surface area (Å²) in [6.07, 6.45) is 0.0981. The zero-order chi connectivity index (χ0) is 19.0. The average molecular weight is 357 g/mol. The molecule has 0 radical (unpaired) electrons. The molecule has 1 N–H and O–H groups in total. The van der Waals surface area contributed by atoms with Gasteiger partial charge in [0.15, 0.2) is 0 Å². The Kier molecular flexibility index (Phi) is 4.65. The van der Waals surface area contributed by atoms with Gasteiger partial charge in [-0.1, -0.05) is 88.4 Å². The van der Waals surface area contributed by atoms with Crippen LogP contribution in [0.2, 0.25) is 0 Å². The number of anilines is 3. The van der Waals surface area contributed by atoms with Crippen LogP contribution in [0.1, 0.15) is 62.4 Å². The molecule has 3 aromatic rings. The molecule has 4 rings (SSSR count). The minimum absolute atomic E-state index is 0.0981. The lowest BCUT2D eigenvalue weighted by atomic mass is 9.91. The van der Waals surface area contributed by atoms with Gasteiger partial charge in [0.05, 0.1) is 17.1 Å². The fourth-order valence-electron chi connectivity index (χ4n) is 4.06. The van der Waals surface area contributed by atoms with Crippen molar-refractivity contribution in [3.63, 3.8) is 0 Å². The predicted molar refractivity (Wildman–Crippen MR) is 116 cm³/mol. The molecule has 0 saturated carbocycles. The summed E-state index contributed by atoms with van der Waals surface area (Å²) in [5.41, 5.74) is 7.89. The van der Waals surface area contributed by atoms with Gasteiger partial charge in [0.1, 0.15) is 6.17 Å². The fourth-order valence-corrected chi connectivity index (χ4v) is 4.06. The van der Waals surface area contributed by atoms with Crippen molar-refractivity contribution in [2.45, 2.75) is 45.7 Å². The van der Waals surface area contributed by atoms with Gasteiger partial charge < -0.3 is 10.2 Å². The van der Waals surface area contributed by atoms with Crippen LogP contribution in [0.4, 0.5) is 17.1 Å². The molecule has 1 aliphatic heterocycles. The van der Waals surface area contributed by atoms with E-state index in [1.165, 1.54) is 33.8 Å². The van der Waals surface area contributed by atoms with Gasteiger partial charge in [-0.3, -0.25) is 0 Å². The Hall–Kier alpha value is -2.74. The molecule has 1 aliphatic rings. The second kappa shape index (κ2) is 7.11. The zero-order valence-electron chi connectivity index (χ0n) is 16.6. The number of para-hydroxylation sites is 3. The Balaban J connectivity index is 1.97. The molecule has 0 bridgehead atoms. The summed E-state index contributed by atoms with van der Waals surface area (Å²) in [6.45, 7) is 9.15. The summed E-state index contributed by atoms with van der Waals surface area (Å²) in [5, 5.41) is 3.76. The number of fused-ring (bicyclic) bond motifs is 1. The highest BCUT2D eigenvalue weighted by Crippen LogP contribution is 2.50. The SMILES string of the molecule is CC(C)c1cccc(C(C)C)c1N1c2ccccc2NC1c1ccccc1. The Labute approximate surface area is 162 Å².